The maximum Gasteiger partial charge on any atom is 0.305 e. The number of carbonyl (C=O) groups is 1. The van der Waals surface area contributed by atoms with Gasteiger partial charge in [0.15, 0.2) is 0 Å². The van der Waals surface area contributed by atoms with E-state index in [0.717, 1.165) is 28.2 Å². The third-order valence-electron chi connectivity index (χ3n) is 3.80. The van der Waals surface area contributed by atoms with E-state index in [0.29, 0.717) is 11.5 Å². The Morgan fingerprint density at radius 3 is 1.60 bits per heavy atom. The van der Waals surface area contributed by atoms with Gasteiger partial charge in [-0.25, -0.2) is 0 Å². The molecular weight excluding hydrogens is 340 g/mol. The van der Waals surface area contributed by atoms with E-state index in [1.807, 2.05) is 48.5 Å². The Hall–Kier alpha value is -2.46. The van der Waals surface area contributed by atoms with E-state index in [-0.39, 0.29) is 12.4 Å². The monoisotopic (exact) mass is 360 g/mol. The molecule has 0 aliphatic rings. The van der Waals surface area contributed by atoms with Gasteiger partial charge in [0.2, 0.25) is 0 Å². The molecule has 0 aliphatic carbocycles. The summed E-state index contributed by atoms with van der Waals surface area (Å²) in [5.74, 6) is 1.24. The minimum Gasteiger partial charge on any atom is -0.497 e. The second-order valence-corrected chi connectivity index (χ2v) is 5.77. The highest BCUT2D eigenvalue weighted by Crippen LogP contribution is 2.33. The fraction of sp³-hybridized carbons (Fsp3) is 0.250. The van der Waals surface area contributed by atoms with Crippen molar-refractivity contribution in [1.29, 1.82) is 0 Å². The lowest BCUT2D eigenvalue weighted by Gasteiger charge is -2.13. The van der Waals surface area contributed by atoms with Crippen LogP contribution in [0.1, 0.15) is 24.0 Å². The van der Waals surface area contributed by atoms with Gasteiger partial charge in [0.1, 0.15) is 11.5 Å². The fourth-order valence-electron chi connectivity index (χ4n) is 2.43. The second kappa shape index (κ2) is 9.14. The minimum atomic E-state index is -0.290. The largest absolute Gasteiger partial charge is 0.497 e. The molecule has 2 aromatic rings. The van der Waals surface area contributed by atoms with Gasteiger partial charge in [0.05, 0.1) is 27.8 Å². The van der Waals surface area contributed by atoms with Gasteiger partial charge in [-0.15, -0.1) is 0 Å². The molecule has 0 amide bonds. The molecule has 0 spiro atoms. The predicted octanol–water partition coefficient (Wildman–Crippen LogP) is 4.66. The summed E-state index contributed by atoms with van der Waals surface area (Å²) in [6, 6.07) is 15.3. The smallest absolute Gasteiger partial charge is 0.305 e. The molecular formula is C20H21ClO4. The van der Waals surface area contributed by atoms with Crippen molar-refractivity contribution in [2.45, 2.75) is 12.8 Å². The normalized spacial score (nSPS) is 10.1. The molecule has 0 atom stereocenters. The third kappa shape index (κ3) is 5.00. The van der Waals surface area contributed by atoms with Crippen molar-refractivity contribution in [2.75, 3.05) is 21.3 Å². The topological polar surface area (TPSA) is 44.8 Å². The minimum absolute atomic E-state index is 0.227. The van der Waals surface area contributed by atoms with Crippen molar-refractivity contribution < 1.29 is 19.0 Å². The molecule has 2 rings (SSSR count). The number of methoxy groups -OCH3 is 3. The average molecular weight is 361 g/mol. The van der Waals surface area contributed by atoms with E-state index in [1.54, 1.807) is 14.2 Å². The van der Waals surface area contributed by atoms with Gasteiger partial charge < -0.3 is 14.2 Å². The fourth-order valence-corrected chi connectivity index (χ4v) is 2.75. The summed E-state index contributed by atoms with van der Waals surface area (Å²) in [6.07, 6.45) is 0.632. The molecule has 0 N–H and O–H groups in total. The van der Waals surface area contributed by atoms with Crippen LogP contribution in [0.15, 0.2) is 53.6 Å². The van der Waals surface area contributed by atoms with Crippen molar-refractivity contribution >= 4 is 23.1 Å². The molecule has 0 bridgehead atoms. The Labute approximate surface area is 153 Å². The zero-order valence-electron chi connectivity index (χ0n) is 14.5. The van der Waals surface area contributed by atoms with Gasteiger partial charge >= 0.3 is 5.97 Å². The van der Waals surface area contributed by atoms with Gasteiger partial charge in [-0.1, -0.05) is 35.9 Å². The van der Waals surface area contributed by atoms with Crippen LogP contribution in [-0.2, 0) is 9.53 Å². The van der Waals surface area contributed by atoms with Gasteiger partial charge in [-0.3, -0.25) is 4.79 Å². The Morgan fingerprint density at radius 2 is 1.24 bits per heavy atom. The van der Waals surface area contributed by atoms with E-state index < -0.39 is 0 Å². The number of ether oxygens (including phenoxy) is 3. The summed E-state index contributed by atoms with van der Waals surface area (Å²) in [5, 5.41) is 0.598. The highest BCUT2D eigenvalue weighted by atomic mass is 35.5. The summed E-state index contributed by atoms with van der Waals surface area (Å²) in [5.41, 5.74) is 2.76. The van der Waals surface area contributed by atoms with Crippen molar-refractivity contribution in [2.24, 2.45) is 0 Å². The van der Waals surface area contributed by atoms with E-state index in [4.69, 9.17) is 25.8 Å². The Balaban J connectivity index is 2.43. The van der Waals surface area contributed by atoms with Gasteiger partial charge in [-0.2, -0.15) is 0 Å². The zero-order valence-corrected chi connectivity index (χ0v) is 15.3. The van der Waals surface area contributed by atoms with E-state index in [2.05, 4.69) is 0 Å². The SMILES string of the molecule is COC(=O)CCC(Cl)=C(c1ccc(OC)cc1)c1ccc(OC)cc1. The average Bonchev–Trinajstić information content (AvgIpc) is 2.67. The van der Waals surface area contributed by atoms with Gasteiger partial charge in [-0.05, 0) is 41.8 Å². The first-order chi connectivity index (χ1) is 12.1. The van der Waals surface area contributed by atoms with Crippen molar-refractivity contribution in [3.63, 3.8) is 0 Å². The molecule has 0 radical (unpaired) electrons. The van der Waals surface area contributed by atoms with Crippen LogP contribution < -0.4 is 9.47 Å². The summed E-state index contributed by atoms with van der Waals surface area (Å²) < 4.78 is 15.1. The summed E-state index contributed by atoms with van der Waals surface area (Å²) in [7, 11) is 4.62. The molecule has 0 heterocycles. The van der Waals surface area contributed by atoms with Gasteiger partial charge in [0, 0.05) is 10.6 Å². The molecule has 0 fully saturated rings. The lowest BCUT2D eigenvalue weighted by Crippen LogP contribution is -2.00. The number of hydrogen-bond donors (Lipinski definition) is 0. The molecule has 0 aromatic heterocycles. The molecule has 2 aromatic carbocycles. The van der Waals surface area contributed by atoms with Crippen LogP contribution in [0.25, 0.3) is 5.57 Å². The molecule has 5 heteroatoms. The highest BCUT2D eigenvalue weighted by molar-refractivity contribution is 6.33. The van der Waals surface area contributed by atoms with Crippen LogP contribution in [0, 0.1) is 0 Å². The predicted molar refractivity (Wildman–Crippen MR) is 99.1 cm³/mol. The standard InChI is InChI=1S/C20H21ClO4/c1-23-16-8-4-14(5-9-16)20(18(21)12-13-19(22)25-3)15-6-10-17(24-2)11-7-15/h4-11H,12-13H2,1-3H3. The third-order valence-corrected chi connectivity index (χ3v) is 4.18. The molecule has 0 saturated heterocycles. The first kappa shape index (κ1) is 18.9. The number of allylic oxidation sites excluding steroid dienone is 1. The van der Waals surface area contributed by atoms with Crippen LogP contribution >= 0.6 is 11.6 Å². The van der Waals surface area contributed by atoms with Crippen molar-refractivity contribution in [3.05, 3.63) is 64.7 Å². The first-order valence-corrected chi connectivity index (χ1v) is 8.21. The number of halogens is 1. The Kier molecular flexibility index (Phi) is 6.90. The quantitative estimate of drug-likeness (QED) is 0.674. The maximum atomic E-state index is 11.4. The Morgan fingerprint density at radius 1 is 0.800 bits per heavy atom. The molecule has 0 aliphatic heterocycles. The van der Waals surface area contributed by atoms with E-state index >= 15 is 0 Å². The van der Waals surface area contributed by atoms with Crippen LogP contribution in [0.4, 0.5) is 0 Å². The van der Waals surface area contributed by atoms with Crippen LogP contribution in [-0.4, -0.2) is 27.3 Å². The molecule has 4 nitrogen and oxygen atoms in total. The van der Waals surface area contributed by atoms with Crippen molar-refractivity contribution in [1.82, 2.24) is 0 Å². The maximum absolute atomic E-state index is 11.4. The second-order valence-electron chi connectivity index (χ2n) is 5.31. The lowest BCUT2D eigenvalue weighted by atomic mass is 9.96. The zero-order chi connectivity index (χ0) is 18.2. The van der Waals surface area contributed by atoms with Crippen LogP contribution in [0.3, 0.4) is 0 Å². The summed E-state index contributed by atoms with van der Waals surface area (Å²) >= 11 is 6.57. The highest BCUT2D eigenvalue weighted by Gasteiger charge is 2.13. The lowest BCUT2D eigenvalue weighted by molar-refractivity contribution is -0.140. The summed E-state index contributed by atoms with van der Waals surface area (Å²) in [4.78, 5) is 11.4. The first-order valence-electron chi connectivity index (χ1n) is 7.83. The number of carbonyl (C=O) groups excluding carboxylic acids is 1. The van der Waals surface area contributed by atoms with Gasteiger partial charge in [0.25, 0.3) is 0 Å². The van der Waals surface area contributed by atoms with Crippen LogP contribution in [0.2, 0.25) is 0 Å². The number of hydrogen-bond acceptors (Lipinski definition) is 4. The van der Waals surface area contributed by atoms with E-state index in [9.17, 15) is 4.79 Å². The number of esters is 1. The number of rotatable bonds is 7. The summed E-state index contributed by atoms with van der Waals surface area (Å²) in [6.45, 7) is 0. The number of benzene rings is 2. The molecule has 0 saturated carbocycles. The van der Waals surface area contributed by atoms with Crippen molar-refractivity contribution in [3.8, 4) is 11.5 Å². The molecule has 25 heavy (non-hydrogen) atoms. The Bertz CT molecular complexity index is 684. The molecule has 0 unspecified atom stereocenters. The van der Waals surface area contributed by atoms with E-state index in [1.165, 1.54) is 7.11 Å². The van der Waals surface area contributed by atoms with Crippen LogP contribution in [0.5, 0.6) is 11.5 Å². The molecule has 132 valence electrons.